The molecule has 1 unspecified atom stereocenters. The number of Topliss-reactive ketones (excluding diaryl/α,β-unsaturated/α-hetero) is 1. The average molecular weight is 316 g/mol. The maximum atomic E-state index is 12.4. The molecule has 1 fully saturated rings. The second kappa shape index (κ2) is 7.82. The van der Waals surface area contributed by atoms with Crippen LogP contribution in [0, 0.1) is 0 Å². The molecular weight excluding hydrogens is 288 g/mol. The molecule has 23 heavy (non-hydrogen) atoms. The van der Waals surface area contributed by atoms with Gasteiger partial charge in [-0.3, -0.25) is 4.79 Å². The lowest BCUT2D eigenvalue weighted by Crippen LogP contribution is -2.33. The summed E-state index contributed by atoms with van der Waals surface area (Å²) in [4.78, 5) is 12.4. The molecule has 1 saturated carbocycles. The van der Waals surface area contributed by atoms with Crippen molar-refractivity contribution in [3.63, 3.8) is 0 Å². The minimum absolute atomic E-state index is 0.163. The molecule has 1 aromatic rings. The first-order chi connectivity index (χ1) is 11.3. The molecule has 0 amide bonds. The Balaban J connectivity index is 1.57. The van der Waals surface area contributed by atoms with Crippen LogP contribution in [0.5, 0.6) is 5.75 Å². The Bertz CT molecular complexity index is 536. The van der Waals surface area contributed by atoms with E-state index in [0.29, 0.717) is 12.6 Å². The number of carbonyl (C=O) groups is 1. The summed E-state index contributed by atoms with van der Waals surface area (Å²) in [7, 11) is 0. The molecule has 4 nitrogen and oxygen atoms in total. The van der Waals surface area contributed by atoms with Crippen molar-refractivity contribution in [3.05, 3.63) is 23.8 Å². The molecule has 1 aliphatic carbocycles. The number of ketones is 1. The van der Waals surface area contributed by atoms with Crippen LogP contribution in [-0.4, -0.2) is 31.0 Å². The van der Waals surface area contributed by atoms with Crippen LogP contribution in [0.4, 0.5) is 5.69 Å². The fraction of sp³-hybridized carbons (Fsp3) is 0.632. The van der Waals surface area contributed by atoms with E-state index in [0.717, 1.165) is 30.0 Å². The van der Waals surface area contributed by atoms with Gasteiger partial charge < -0.3 is 15.4 Å². The Labute approximate surface area is 139 Å². The molecule has 126 valence electrons. The van der Waals surface area contributed by atoms with E-state index in [1.807, 2.05) is 18.2 Å². The summed E-state index contributed by atoms with van der Waals surface area (Å²) in [6.45, 7) is 3.36. The Morgan fingerprint density at radius 2 is 2.04 bits per heavy atom. The number of fused-ring (bicyclic) bond motifs is 1. The lowest BCUT2D eigenvalue weighted by atomic mass is 10.1. The molecule has 2 aliphatic rings. The summed E-state index contributed by atoms with van der Waals surface area (Å²) in [5, 5.41) is 6.83. The molecule has 0 radical (unpaired) electrons. The zero-order valence-corrected chi connectivity index (χ0v) is 14.1. The van der Waals surface area contributed by atoms with Crippen LogP contribution < -0.4 is 15.4 Å². The quantitative estimate of drug-likeness (QED) is 0.641. The standard InChI is InChI=1S/C19H28N2O2/c1-2-16-12-21-17-11-14(9-10-19(17)23-16)18(22)13-20-15-7-5-3-4-6-8-15/h9-11,15-16,20-21H,2-8,12-13H2,1H3. The Morgan fingerprint density at radius 1 is 1.26 bits per heavy atom. The van der Waals surface area contributed by atoms with Gasteiger partial charge in [0, 0.05) is 11.6 Å². The third-order valence-electron chi connectivity index (χ3n) is 4.98. The first-order valence-corrected chi connectivity index (χ1v) is 9.07. The summed E-state index contributed by atoms with van der Waals surface area (Å²) < 4.78 is 5.90. The second-order valence-corrected chi connectivity index (χ2v) is 6.73. The zero-order valence-electron chi connectivity index (χ0n) is 14.1. The number of anilines is 1. The monoisotopic (exact) mass is 316 g/mol. The smallest absolute Gasteiger partial charge is 0.176 e. The number of benzene rings is 1. The minimum Gasteiger partial charge on any atom is -0.486 e. The number of rotatable bonds is 5. The predicted molar refractivity (Wildman–Crippen MR) is 93.5 cm³/mol. The van der Waals surface area contributed by atoms with Gasteiger partial charge in [0.15, 0.2) is 5.78 Å². The first kappa shape index (κ1) is 16.3. The van der Waals surface area contributed by atoms with Crippen molar-refractivity contribution in [3.8, 4) is 5.75 Å². The summed E-state index contributed by atoms with van der Waals surface area (Å²) in [5.74, 6) is 1.02. The highest BCUT2D eigenvalue weighted by molar-refractivity contribution is 5.98. The summed E-state index contributed by atoms with van der Waals surface area (Å²) in [6, 6.07) is 6.24. The van der Waals surface area contributed by atoms with E-state index in [1.54, 1.807) is 0 Å². The highest BCUT2D eigenvalue weighted by Crippen LogP contribution is 2.30. The summed E-state index contributed by atoms with van der Waals surface area (Å²) in [5.41, 5.74) is 1.70. The van der Waals surface area contributed by atoms with Gasteiger partial charge in [-0.2, -0.15) is 0 Å². The van der Waals surface area contributed by atoms with Gasteiger partial charge in [0.1, 0.15) is 11.9 Å². The molecular formula is C19H28N2O2. The van der Waals surface area contributed by atoms with E-state index < -0.39 is 0 Å². The lowest BCUT2D eigenvalue weighted by Gasteiger charge is -2.27. The molecule has 0 bridgehead atoms. The van der Waals surface area contributed by atoms with Gasteiger partial charge in [-0.1, -0.05) is 32.6 Å². The molecule has 1 atom stereocenters. The maximum Gasteiger partial charge on any atom is 0.176 e. The van der Waals surface area contributed by atoms with Crippen LogP contribution in [0.3, 0.4) is 0 Å². The van der Waals surface area contributed by atoms with Crippen molar-refractivity contribution in [1.29, 1.82) is 0 Å². The van der Waals surface area contributed by atoms with E-state index in [-0.39, 0.29) is 11.9 Å². The molecule has 0 spiro atoms. The Morgan fingerprint density at radius 3 is 2.78 bits per heavy atom. The van der Waals surface area contributed by atoms with Crippen LogP contribution >= 0.6 is 0 Å². The number of nitrogens with one attached hydrogen (secondary N) is 2. The van der Waals surface area contributed by atoms with Gasteiger partial charge in [0.05, 0.1) is 18.8 Å². The highest BCUT2D eigenvalue weighted by Gasteiger charge is 2.19. The summed E-state index contributed by atoms with van der Waals surface area (Å²) in [6.07, 6.45) is 8.84. The van der Waals surface area contributed by atoms with Crippen molar-refractivity contribution >= 4 is 11.5 Å². The van der Waals surface area contributed by atoms with Gasteiger partial charge in [-0.25, -0.2) is 0 Å². The number of ether oxygens (including phenoxy) is 1. The largest absolute Gasteiger partial charge is 0.486 e. The van der Waals surface area contributed by atoms with Crippen molar-refractivity contribution in [2.24, 2.45) is 0 Å². The van der Waals surface area contributed by atoms with Crippen molar-refractivity contribution < 1.29 is 9.53 Å². The van der Waals surface area contributed by atoms with Gasteiger partial charge in [0.2, 0.25) is 0 Å². The Hall–Kier alpha value is -1.55. The molecule has 0 aromatic heterocycles. The fourth-order valence-electron chi connectivity index (χ4n) is 3.44. The predicted octanol–water partition coefficient (Wildman–Crippen LogP) is 3.76. The van der Waals surface area contributed by atoms with Crippen LogP contribution in [0.1, 0.15) is 62.2 Å². The molecule has 1 aliphatic heterocycles. The molecule has 4 heteroatoms. The average Bonchev–Trinajstić information content (AvgIpc) is 2.87. The van der Waals surface area contributed by atoms with Crippen LogP contribution in [0.25, 0.3) is 0 Å². The minimum atomic E-state index is 0.163. The first-order valence-electron chi connectivity index (χ1n) is 9.07. The molecule has 3 rings (SSSR count). The van der Waals surface area contributed by atoms with Crippen LogP contribution in [0.15, 0.2) is 18.2 Å². The SMILES string of the molecule is CCC1CNc2cc(C(=O)CNC3CCCCCC3)ccc2O1. The molecule has 0 saturated heterocycles. The Kier molecular flexibility index (Phi) is 5.55. The van der Waals surface area contributed by atoms with Crippen molar-refractivity contribution in [2.75, 3.05) is 18.4 Å². The second-order valence-electron chi connectivity index (χ2n) is 6.73. The molecule has 1 heterocycles. The molecule has 2 N–H and O–H groups in total. The molecule has 1 aromatic carbocycles. The van der Waals surface area contributed by atoms with E-state index in [9.17, 15) is 4.79 Å². The van der Waals surface area contributed by atoms with Crippen molar-refractivity contribution in [1.82, 2.24) is 5.32 Å². The van der Waals surface area contributed by atoms with E-state index in [1.165, 1.54) is 38.5 Å². The third-order valence-corrected chi connectivity index (χ3v) is 4.98. The topological polar surface area (TPSA) is 50.4 Å². The highest BCUT2D eigenvalue weighted by atomic mass is 16.5. The van der Waals surface area contributed by atoms with E-state index in [4.69, 9.17) is 4.74 Å². The maximum absolute atomic E-state index is 12.4. The third kappa shape index (κ3) is 4.25. The van der Waals surface area contributed by atoms with Gasteiger partial charge >= 0.3 is 0 Å². The number of hydrogen-bond acceptors (Lipinski definition) is 4. The number of hydrogen-bond donors (Lipinski definition) is 2. The van der Waals surface area contributed by atoms with Gasteiger partial charge in [-0.05, 0) is 37.5 Å². The van der Waals surface area contributed by atoms with Crippen LogP contribution in [-0.2, 0) is 0 Å². The van der Waals surface area contributed by atoms with E-state index >= 15 is 0 Å². The van der Waals surface area contributed by atoms with Gasteiger partial charge in [0.25, 0.3) is 0 Å². The summed E-state index contributed by atoms with van der Waals surface area (Å²) >= 11 is 0. The van der Waals surface area contributed by atoms with Crippen molar-refractivity contribution in [2.45, 2.75) is 64.0 Å². The number of carbonyl (C=O) groups excluding carboxylic acids is 1. The zero-order chi connectivity index (χ0) is 16.1. The lowest BCUT2D eigenvalue weighted by molar-refractivity contribution is 0.0986. The normalized spacial score (nSPS) is 21.7. The van der Waals surface area contributed by atoms with Crippen LogP contribution in [0.2, 0.25) is 0 Å². The van der Waals surface area contributed by atoms with E-state index in [2.05, 4.69) is 17.6 Å². The fourth-order valence-corrected chi connectivity index (χ4v) is 3.44. The van der Waals surface area contributed by atoms with Gasteiger partial charge in [-0.15, -0.1) is 0 Å².